The van der Waals surface area contributed by atoms with Gasteiger partial charge in [-0.1, -0.05) is 0 Å². The maximum absolute atomic E-state index is 12.3. The smallest absolute Gasteiger partial charge is 0.316 e. The molecule has 118 valence electrons. The molecular weight excluding hydrogens is 282 g/mol. The van der Waals surface area contributed by atoms with Crippen molar-refractivity contribution in [3.05, 3.63) is 18.5 Å². The fourth-order valence-corrected chi connectivity index (χ4v) is 3.53. The van der Waals surface area contributed by atoms with Crippen LogP contribution in [0.15, 0.2) is 18.5 Å². The van der Waals surface area contributed by atoms with Gasteiger partial charge in [0.1, 0.15) is 6.10 Å². The zero-order chi connectivity index (χ0) is 15.0. The molecule has 0 unspecified atom stereocenters. The summed E-state index contributed by atoms with van der Waals surface area (Å²) in [6.07, 6.45) is 8.23. The zero-order valence-corrected chi connectivity index (χ0v) is 12.6. The van der Waals surface area contributed by atoms with Gasteiger partial charge in [-0.05, 0) is 31.7 Å². The van der Waals surface area contributed by atoms with Gasteiger partial charge < -0.3 is 14.4 Å². The van der Waals surface area contributed by atoms with E-state index in [-0.39, 0.29) is 17.6 Å². The number of aromatic nitrogens is 2. The maximum atomic E-state index is 12.3. The molecule has 1 aliphatic carbocycles. The molecule has 3 fully saturated rings. The summed E-state index contributed by atoms with van der Waals surface area (Å²) in [7, 11) is 0. The fourth-order valence-electron chi connectivity index (χ4n) is 3.53. The summed E-state index contributed by atoms with van der Waals surface area (Å²) in [6.45, 7) is 2.12. The number of amides is 1. The molecule has 1 aromatic heterocycles. The van der Waals surface area contributed by atoms with Crippen molar-refractivity contribution in [3.63, 3.8) is 0 Å². The van der Waals surface area contributed by atoms with Gasteiger partial charge >= 0.3 is 6.01 Å². The molecule has 6 heteroatoms. The highest BCUT2D eigenvalue weighted by atomic mass is 16.6. The molecule has 1 aromatic rings. The molecule has 1 saturated carbocycles. The van der Waals surface area contributed by atoms with Crippen LogP contribution in [0.3, 0.4) is 0 Å². The summed E-state index contributed by atoms with van der Waals surface area (Å²) in [5.74, 6) is 0.597. The number of carbonyl (C=O) groups is 1. The number of piperidine rings is 1. The van der Waals surface area contributed by atoms with Crippen LogP contribution in [0.4, 0.5) is 0 Å². The lowest BCUT2D eigenvalue weighted by molar-refractivity contribution is -0.140. The first-order valence-electron chi connectivity index (χ1n) is 8.11. The predicted octanol–water partition coefficient (Wildman–Crippen LogP) is 1.42. The molecule has 0 aromatic carbocycles. The molecule has 6 nitrogen and oxygen atoms in total. The van der Waals surface area contributed by atoms with Gasteiger partial charge in [-0.2, -0.15) is 0 Å². The summed E-state index contributed by atoms with van der Waals surface area (Å²) in [6, 6.07) is 2.16. The first-order valence-corrected chi connectivity index (χ1v) is 8.11. The van der Waals surface area contributed by atoms with Gasteiger partial charge in [0.25, 0.3) is 0 Å². The highest BCUT2D eigenvalue weighted by molar-refractivity contribution is 5.81. The van der Waals surface area contributed by atoms with Gasteiger partial charge in [0, 0.05) is 37.8 Å². The molecule has 3 heterocycles. The monoisotopic (exact) mass is 303 g/mol. The number of carbonyl (C=O) groups excluding carboxylic acids is 1. The Morgan fingerprint density at radius 3 is 2.95 bits per heavy atom. The van der Waals surface area contributed by atoms with Crippen LogP contribution >= 0.6 is 0 Å². The van der Waals surface area contributed by atoms with Crippen LogP contribution in [-0.4, -0.2) is 52.2 Å². The SMILES string of the molecule is O=C(C1CC1)N1CCC[C@]2(C[C@@H](Oc3ncccn3)CO2)C1. The lowest BCUT2D eigenvalue weighted by atomic mass is 9.89. The molecular formula is C16H21N3O3. The van der Waals surface area contributed by atoms with Crippen LogP contribution < -0.4 is 4.74 Å². The topological polar surface area (TPSA) is 64.6 Å². The maximum Gasteiger partial charge on any atom is 0.316 e. The minimum absolute atomic E-state index is 0.0293. The Balaban J connectivity index is 1.39. The van der Waals surface area contributed by atoms with Crippen LogP contribution in [0.1, 0.15) is 32.1 Å². The van der Waals surface area contributed by atoms with Gasteiger partial charge in [-0.3, -0.25) is 4.79 Å². The Hall–Kier alpha value is -1.69. The Morgan fingerprint density at radius 2 is 2.18 bits per heavy atom. The van der Waals surface area contributed by atoms with E-state index in [1.807, 2.05) is 4.90 Å². The zero-order valence-electron chi connectivity index (χ0n) is 12.6. The molecule has 2 atom stereocenters. The van der Waals surface area contributed by atoms with Gasteiger partial charge in [0.15, 0.2) is 0 Å². The second-order valence-corrected chi connectivity index (χ2v) is 6.61. The van der Waals surface area contributed by atoms with E-state index in [2.05, 4.69) is 9.97 Å². The Bertz CT molecular complexity index is 549. The molecule has 0 radical (unpaired) electrons. The van der Waals surface area contributed by atoms with Gasteiger partial charge in [-0.25, -0.2) is 9.97 Å². The lowest BCUT2D eigenvalue weighted by Gasteiger charge is -2.39. The van der Waals surface area contributed by atoms with Crippen molar-refractivity contribution in [2.75, 3.05) is 19.7 Å². The average molecular weight is 303 g/mol. The number of ether oxygens (including phenoxy) is 2. The summed E-state index contributed by atoms with van der Waals surface area (Å²) in [5.41, 5.74) is -0.234. The standard InChI is InChI=1S/C16H21N3O3/c20-14(12-3-4-12)19-8-1-5-16(11-19)9-13(10-21-16)22-15-17-6-2-7-18-15/h2,6-7,12-13H,1,3-5,8-11H2/t13-,16+/m1/s1. The highest BCUT2D eigenvalue weighted by Crippen LogP contribution is 2.38. The van der Waals surface area contributed by atoms with Crippen LogP contribution in [-0.2, 0) is 9.53 Å². The van der Waals surface area contributed by atoms with Crippen molar-refractivity contribution in [2.45, 2.75) is 43.8 Å². The van der Waals surface area contributed by atoms with Gasteiger partial charge in [-0.15, -0.1) is 0 Å². The van der Waals surface area contributed by atoms with E-state index in [0.29, 0.717) is 25.1 Å². The van der Waals surface area contributed by atoms with Crippen molar-refractivity contribution >= 4 is 5.91 Å². The first-order chi connectivity index (χ1) is 10.7. The number of rotatable bonds is 3. The Kier molecular flexibility index (Phi) is 3.48. The third-order valence-electron chi connectivity index (χ3n) is 4.77. The van der Waals surface area contributed by atoms with Crippen LogP contribution in [0.5, 0.6) is 6.01 Å². The van der Waals surface area contributed by atoms with Crippen molar-refractivity contribution in [1.82, 2.24) is 14.9 Å². The molecule has 3 aliphatic rings. The Labute approximate surface area is 129 Å². The molecule has 22 heavy (non-hydrogen) atoms. The summed E-state index contributed by atoms with van der Waals surface area (Å²) in [4.78, 5) is 22.5. The Morgan fingerprint density at radius 1 is 1.36 bits per heavy atom. The largest absolute Gasteiger partial charge is 0.458 e. The number of likely N-dealkylation sites (tertiary alicyclic amines) is 1. The van der Waals surface area contributed by atoms with Crippen LogP contribution in [0.25, 0.3) is 0 Å². The highest BCUT2D eigenvalue weighted by Gasteiger charge is 2.47. The molecule has 0 N–H and O–H groups in total. The fraction of sp³-hybridized carbons (Fsp3) is 0.688. The second kappa shape index (κ2) is 5.50. The molecule has 0 bridgehead atoms. The van der Waals surface area contributed by atoms with Gasteiger partial charge in [0.05, 0.1) is 12.2 Å². The van der Waals surface area contributed by atoms with Crippen molar-refractivity contribution in [2.24, 2.45) is 5.92 Å². The summed E-state index contributed by atoms with van der Waals surface area (Å²) in [5, 5.41) is 0. The van der Waals surface area contributed by atoms with Crippen molar-refractivity contribution in [1.29, 1.82) is 0 Å². The minimum atomic E-state index is -0.234. The van der Waals surface area contributed by atoms with Crippen molar-refractivity contribution < 1.29 is 14.3 Å². The van der Waals surface area contributed by atoms with Crippen molar-refractivity contribution in [3.8, 4) is 6.01 Å². The van der Waals surface area contributed by atoms with Gasteiger partial charge in [0.2, 0.25) is 5.91 Å². The van der Waals surface area contributed by atoms with E-state index in [9.17, 15) is 4.79 Å². The predicted molar refractivity (Wildman–Crippen MR) is 78.3 cm³/mol. The third kappa shape index (κ3) is 2.79. The molecule has 1 amide bonds. The molecule has 1 spiro atoms. The van der Waals surface area contributed by atoms with E-state index < -0.39 is 0 Å². The van der Waals surface area contributed by atoms with E-state index in [1.165, 1.54) is 0 Å². The average Bonchev–Trinajstić information content (AvgIpc) is 3.33. The van der Waals surface area contributed by atoms with E-state index in [4.69, 9.17) is 9.47 Å². The lowest BCUT2D eigenvalue weighted by Crippen LogP contribution is -2.50. The van der Waals surface area contributed by atoms with E-state index in [1.54, 1.807) is 18.5 Å². The number of nitrogens with zero attached hydrogens (tertiary/aromatic N) is 3. The molecule has 2 saturated heterocycles. The van der Waals surface area contributed by atoms with Crippen LogP contribution in [0, 0.1) is 5.92 Å². The minimum Gasteiger partial charge on any atom is -0.458 e. The second-order valence-electron chi connectivity index (χ2n) is 6.61. The molecule has 4 rings (SSSR count). The summed E-state index contributed by atoms with van der Waals surface area (Å²) < 4.78 is 11.9. The van der Waals surface area contributed by atoms with E-state index in [0.717, 1.165) is 38.6 Å². The number of hydrogen-bond acceptors (Lipinski definition) is 5. The number of hydrogen-bond donors (Lipinski definition) is 0. The molecule has 2 aliphatic heterocycles. The van der Waals surface area contributed by atoms with E-state index >= 15 is 0 Å². The normalized spacial score (nSPS) is 31.5. The van der Waals surface area contributed by atoms with Crippen LogP contribution in [0.2, 0.25) is 0 Å². The third-order valence-corrected chi connectivity index (χ3v) is 4.77. The first kappa shape index (κ1) is 13.9. The quantitative estimate of drug-likeness (QED) is 0.845. The summed E-state index contributed by atoms with van der Waals surface area (Å²) >= 11 is 0.